The molecular weight excluding hydrogens is 284 g/mol. The summed E-state index contributed by atoms with van der Waals surface area (Å²) in [4.78, 5) is 14.2. The number of furan rings is 1. The quantitative estimate of drug-likeness (QED) is 0.931. The number of hydrogen-bond acceptors (Lipinski definition) is 3. The molecule has 4 nitrogen and oxygen atoms in total. The van der Waals surface area contributed by atoms with Crippen molar-refractivity contribution in [2.45, 2.75) is 25.8 Å². The third-order valence-corrected chi connectivity index (χ3v) is 3.56. The normalized spacial score (nSPS) is 17.1. The Morgan fingerprint density at radius 3 is 2.76 bits per heavy atom. The van der Waals surface area contributed by atoms with E-state index in [1.54, 1.807) is 12.1 Å². The van der Waals surface area contributed by atoms with Crippen molar-refractivity contribution in [3.05, 3.63) is 22.6 Å². The molecule has 94 valence electrons. The van der Waals surface area contributed by atoms with Crippen molar-refractivity contribution in [2.24, 2.45) is 0 Å². The highest BCUT2D eigenvalue weighted by molar-refractivity contribution is 9.10. The van der Waals surface area contributed by atoms with Gasteiger partial charge in [-0.15, -0.1) is 0 Å². The van der Waals surface area contributed by atoms with E-state index in [4.69, 9.17) is 4.42 Å². The lowest BCUT2D eigenvalue weighted by molar-refractivity contribution is 0.0622. The summed E-state index contributed by atoms with van der Waals surface area (Å²) >= 11 is 3.22. The summed E-state index contributed by atoms with van der Waals surface area (Å²) in [5.41, 5.74) is 0. The van der Waals surface area contributed by atoms with Crippen LogP contribution in [0.15, 0.2) is 21.2 Å². The van der Waals surface area contributed by atoms with Crippen LogP contribution in [-0.2, 0) is 0 Å². The van der Waals surface area contributed by atoms with Crippen LogP contribution in [0.5, 0.6) is 0 Å². The molecule has 2 heterocycles. The topological polar surface area (TPSA) is 45.5 Å². The minimum atomic E-state index is -0.00917. The SMILES string of the molecule is CCN(C(=O)c1ccc(Br)o1)C1CCNCC1. The molecule has 1 fully saturated rings. The van der Waals surface area contributed by atoms with Gasteiger partial charge in [0.1, 0.15) is 0 Å². The number of hydrogen-bond donors (Lipinski definition) is 1. The van der Waals surface area contributed by atoms with Gasteiger partial charge in [0.25, 0.3) is 5.91 Å². The summed E-state index contributed by atoms with van der Waals surface area (Å²) in [5, 5.41) is 3.31. The van der Waals surface area contributed by atoms with Gasteiger partial charge in [0, 0.05) is 12.6 Å². The lowest BCUT2D eigenvalue weighted by Crippen LogP contribution is -2.45. The number of rotatable bonds is 3. The zero-order valence-corrected chi connectivity index (χ0v) is 11.5. The second kappa shape index (κ2) is 5.69. The molecular formula is C12H17BrN2O2. The molecule has 0 saturated carbocycles. The highest BCUT2D eigenvalue weighted by Crippen LogP contribution is 2.19. The van der Waals surface area contributed by atoms with Gasteiger partial charge in [-0.25, -0.2) is 0 Å². The van der Waals surface area contributed by atoms with Crippen LogP contribution in [0.1, 0.15) is 30.3 Å². The van der Waals surface area contributed by atoms with E-state index in [0.717, 1.165) is 32.5 Å². The third kappa shape index (κ3) is 2.90. The van der Waals surface area contributed by atoms with Crippen LogP contribution in [0.2, 0.25) is 0 Å². The highest BCUT2D eigenvalue weighted by atomic mass is 79.9. The molecule has 0 bridgehead atoms. The average Bonchev–Trinajstić information content (AvgIpc) is 2.78. The summed E-state index contributed by atoms with van der Waals surface area (Å²) in [6.07, 6.45) is 2.03. The van der Waals surface area contributed by atoms with E-state index in [-0.39, 0.29) is 5.91 Å². The Morgan fingerprint density at radius 2 is 2.24 bits per heavy atom. The fourth-order valence-electron chi connectivity index (χ4n) is 2.26. The summed E-state index contributed by atoms with van der Waals surface area (Å²) in [5.74, 6) is 0.405. The number of halogens is 1. The molecule has 0 unspecified atom stereocenters. The number of nitrogens with one attached hydrogen (secondary N) is 1. The number of carbonyl (C=O) groups excluding carboxylic acids is 1. The first-order valence-electron chi connectivity index (χ1n) is 5.99. The first kappa shape index (κ1) is 12.6. The number of carbonyl (C=O) groups is 1. The van der Waals surface area contributed by atoms with Crippen molar-refractivity contribution < 1.29 is 9.21 Å². The maximum Gasteiger partial charge on any atom is 0.289 e. The fourth-order valence-corrected chi connectivity index (χ4v) is 2.56. The molecule has 0 atom stereocenters. The maximum absolute atomic E-state index is 12.3. The van der Waals surface area contributed by atoms with Gasteiger partial charge in [-0.05, 0) is 60.9 Å². The van der Waals surface area contributed by atoms with Crippen molar-refractivity contribution >= 4 is 21.8 Å². The first-order valence-corrected chi connectivity index (χ1v) is 6.78. The van der Waals surface area contributed by atoms with Gasteiger partial charge in [-0.3, -0.25) is 4.79 Å². The van der Waals surface area contributed by atoms with E-state index >= 15 is 0 Å². The van der Waals surface area contributed by atoms with E-state index in [9.17, 15) is 4.79 Å². The molecule has 17 heavy (non-hydrogen) atoms. The van der Waals surface area contributed by atoms with Crippen LogP contribution in [0.3, 0.4) is 0 Å². The Hall–Kier alpha value is -0.810. The smallest absolute Gasteiger partial charge is 0.289 e. The predicted octanol–water partition coefficient (Wildman–Crippen LogP) is 2.26. The molecule has 1 aliphatic heterocycles. The fraction of sp³-hybridized carbons (Fsp3) is 0.583. The van der Waals surface area contributed by atoms with E-state index < -0.39 is 0 Å². The molecule has 1 aromatic heterocycles. The Balaban J connectivity index is 2.09. The van der Waals surface area contributed by atoms with Crippen LogP contribution in [-0.4, -0.2) is 36.5 Å². The number of piperidine rings is 1. The van der Waals surface area contributed by atoms with Gasteiger partial charge in [0.2, 0.25) is 0 Å². The van der Waals surface area contributed by atoms with Crippen LogP contribution in [0.4, 0.5) is 0 Å². The first-order chi connectivity index (χ1) is 8.22. The molecule has 0 aromatic carbocycles. The zero-order chi connectivity index (χ0) is 12.3. The Kier molecular flexibility index (Phi) is 4.23. The van der Waals surface area contributed by atoms with Crippen LogP contribution < -0.4 is 5.32 Å². The Bertz CT molecular complexity index is 386. The van der Waals surface area contributed by atoms with Gasteiger partial charge < -0.3 is 14.6 Å². The molecule has 1 aliphatic rings. The number of amides is 1. The van der Waals surface area contributed by atoms with E-state index in [1.165, 1.54) is 0 Å². The summed E-state index contributed by atoms with van der Waals surface area (Å²) in [6, 6.07) is 3.80. The molecule has 0 spiro atoms. The molecule has 1 amide bonds. The maximum atomic E-state index is 12.3. The van der Waals surface area contributed by atoms with Crippen molar-refractivity contribution in [1.82, 2.24) is 10.2 Å². The number of nitrogens with zero attached hydrogens (tertiary/aromatic N) is 1. The second-order valence-corrected chi connectivity index (χ2v) is 4.96. The molecule has 0 aliphatic carbocycles. The van der Waals surface area contributed by atoms with E-state index in [0.29, 0.717) is 16.5 Å². The van der Waals surface area contributed by atoms with Gasteiger partial charge in [0.15, 0.2) is 10.4 Å². The highest BCUT2D eigenvalue weighted by Gasteiger charge is 2.26. The average molecular weight is 301 g/mol. The van der Waals surface area contributed by atoms with Gasteiger partial charge >= 0.3 is 0 Å². The largest absolute Gasteiger partial charge is 0.444 e. The minimum Gasteiger partial charge on any atom is -0.444 e. The second-order valence-electron chi connectivity index (χ2n) is 4.18. The van der Waals surface area contributed by atoms with Crippen molar-refractivity contribution in [2.75, 3.05) is 19.6 Å². The molecule has 1 saturated heterocycles. The Labute approximate surface area is 109 Å². The monoisotopic (exact) mass is 300 g/mol. The van der Waals surface area contributed by atoms with Crippen LogP contribution >= 0.6 is 15.9 Å². The molecule has 1 N–H and O–H groups in total. The van der Waals surface area contributed by atoms with Crippen LogP contribution in [0.25, 0.3) is 0 Å². The van der Waals surface area contributed by atoms with Gasteiger partial charge in [-0.2, -0.15) is 0 Å². The van der Waals surface area contributed by atoms with Crippen LogP contribution in [0, 0.1) is 0 Å². The molecule has 0 radical (unpaired) electrons. The third-order valence-electron chi connectivity index (χ3n) is 3.13. The van der Waals surface area contributed by atoms with Gasteiger partial charge in [0.05, 0.1) is 0 Å². The molecule has 5 heteroatoms. The Morgan fingerprint density at radius 1 is 1.53 bits per heavy atom. The molecule has 2 rings (SSSR count). The molecule has 1 aromatic rings. The van der Waals surface area contributed by atoms with Crippen molar-refractivity contribution in [1.29, 1.82) is 0 Å². The lowest BCUT2D eigenvalue weighted by Gasteiger charge is -2.33. The summed E-state index contributed by atoms with van der Waals surface area (Å²) in [6.45, 7) is 4.70. The minimum absolute atomic E-state index is 0.00917. The standard InChI is InChI=1S/C12H17BrN2O2/c1-2-15(9-5-7-14-8-6-9)12(16)10-3-4-11(13)17-10/h3-4,9,14H,2,5-8H2,1H3. The zero-order valence-electron chi connectivity index (χ0n) is 9.91. The summed E-state index contributed by atoms with van der Waals surface area (Å²) < 4.78 is 5.93. The summed E-state index contributed by atoms with van der Waals surface area (Å²) in [7, 11) is 0. The van der Waals surface area contributed by atoms with Crippen molar-refractivity contribution in [3.8, 4) is 0 Å². The predicted molar refractivity (Wildman–Crippen MR) is 69.0 cm³/mol. The van der Waals surface area contributed by atoms with E-state index in [1.807, 2.05) is 11.8 Å². The van der Waals surface area contributed by atoms with Gasteiger partial charge in [-0.1, -0.05) is 0 Å². The van der Waals surface area contributed by atoms with Crippen molar-refractivity contribution in [3.63, 3.8) is 0 Å². The lowest BCUT2D eigenvalue weighted by atomic mass is 10.0. The van der Waals surface area contributed by atoms with E-state index in [2.05, 4.69) is 21.2 Å².